The van der Waals surface area contributed by atoms with Crippen LogP contribution in [-0.2, 0) is 19.0 Å². The smallest absolute Gasteiger partial charge is 0.407 e. The monoisotopic (exact) mass is 362 g/mol. The first kappa shape index (κ1) is 22.9. The molecule has 0 spiro atoms. The third-order valence-corrected chi connectivity index (χ3v) is 2.81. The Morgan fingerprint density at radius 2 is 1.52 bits per heavy atom. The highest BCUT2D eigenvalue weighted by molar-refractivity contribution is 5.75. The molecule has 3 amide bonds. The van der Waals surface area contributed by atoms with Crippen molar-refractivity contribution in [2.75, 3.05) is 46.0 Å². The molecule has 0 saturated heterocycles. The van der Waals surface area contributed by atoms with Gasteiger partial charge in [-0.15, -0.1) is 0 Å². The number of hydrogen-bond acceptors (Lipinski definition) is 7. The second-order valence-corrected chi connectivity index (χ2v) is 4.99. The summed E-state index contributed by atoms with van der Waals surface area (Å²) in [4.78, 5) is 34.1. The molecule has 25 heavy (non-hydrogen) atoms. The number of ether oxygens (including phenoxy) is 3. The van der Waals surface area contributed by atoms with Gasteiger partial charge < -0.3 is 35.9 Å². The number of nitrogens with one attached hydrogen (secondary N) is 3. The third kappa shape index (κ3) is 14.0. The first-order valence-corrected chi connectivity index (χ1v) is 8.43. The molecule has 0 heterocycles. The van der Waals surface area contributed by atoms with E-state index < -0.39 is 18.3 Å². The van der Waals surface area contributed by atoms with Gasteiger partial charge in [0.2, 0.25) is 5.91 Å². The lowest BCUT2D eigenvalue weighted by atomic mass is 10.3. The maximum Gasteiger partial charge on any atom is 0.407 e. The van der Waals surface area contributed by atoms with E-state index in [1.807, 2.05) is 0 Å². The molecule has 10 heteroatoms. The molecule has 0 aromatic carbocycles. The highest BCUT2D eigenvalue weighted by Gasteiger charge is 2.15. The second-order valence-electron chi connectivity index (χ2n) is 4.99. The largest absolute Gasteiger partial charge is 0.447 e. The van der Waals surface area contributed by atoms with Gasteiger partial charge in [-0.25, -0.2) is 9.59 Å². The van der Waals surface area contributed by atoms with E-state index in [0.717, 1.165) is 0 Å². The summed E-state index contributed by atoms with van der Waals surface area (Å²) in [6.07, 6.45) is -0.987. The number of nitrogens with two attached hydrogens (primary N) is 1. The van der Waals surface area contributed by atoms with Gasteiger partial charge in [-0.3, -0.25) is 4.79 Å². The highest BCUT2D eigenvalue weighted by Crippen LogP contribution is 2.00. The zero-order valence-electron chi connectivity index (χ0n) is 15.0. The molecule has 10 nitrogen and oxygen atoms in total. The van der Waals surface area contributed by atoms with Crippen LogP contribution in [0, 0.1) is 0 Å². The van der Waals surface area contributed by atoms with Gasteiger partial charge in [-0.05, 0) is 20.3 Å². The minimum atomic E-state index is -0.614. The SMILES string of the molecule is CCNC(=O)OCC(COC(=O)NCC)OCCCC(=O)NCCN. The summed E-state index contributed by atoms with van der Waals surface area (Å²) in [7, 11) is 0. The Labute approximate surface area is 148 Å². The summed E-state index contributed by atoms with van der Waals surface area (Å²) >= 11 is 0. The minimum absolute atomic E-state index is 0.0649. The van der Waals surface area contributed by atoms with Gasteiger partial charge in [-0.2, -0.15) is 0 Å². The molecule has 0 fully saturated rings. The molecule has 0 rings (SSSR count). The summed E-state index contributed by atoms with van der Waals surface area (Å²) in [5.74, 6) is -0.109. The Hall–Kier alpha value is -2.07. The number of amides is 3. The molecule has 0 aliphatic heterocycles. The van der Waals surface area contributed by atoms with Crippen molar-refractivity contribution < 1.29 is 28.6 Å². The maximum absolute atomic E-state index is 11.4. The molecule has 0 atom stereocenters. The minimum Gasteiger partial charge on any atom is -0.447 e. The predicted octanol–water partition coefficient (Wildman–Crippen LogP) is -0.281. The van der Waals surface area contributed by atoms with E-state index in [-0.39, 0.29) is 25.7 Å². The molecule has 0 bridgehead atoms. The van der Waals surface area contributed by atoms with Crippen molar-refractivity contribution in [3.05, 3.63) is 0 Å². The molecule has 0 aliphatic carbocycles. The van der Waals surface area contributed by atoms with Crippen LogP contribution < -0.4 is 21.7 Å². The van der Waals surface area contributed by atoms with E-state index in [2.05, 4.69) is 16.0 Å². The first-order chi connectivity index (χ1) is 12.0. The van der Waals surface area contributed by atoms with Crippen LogP contribution in [-0.4, -0.2) is 70.2 Å². The van der Waals surface area contributed by atoms with Crippen molar-refractivity contribution >= 4 is 18.1 Å². The Morgan fingerprint density at radius 1 is 0.960 bits per heavy atom. The van der Waals surface area contributed by atoms with Crippen LogP contribution in [0.3, 0.4) is 0 Å². The fraction of sp³-hybridized carbons (Fsp3) is 0.800. The molecule has 146 valence electrons. The quantitative estimate of drug-likeness (QED) is 0.330. The molecule has 0 aromatic rings. The molecule has 0 radical (unpaired) electrons. The van der Waals surface area contributed by atoms with Crippen LogP contribution in [0.5, 0.6) is 0 Å². The van der Waals surface area contributed by atoms with Gasteiger partial charge in [0, 0.05) is 39.2 Å². The number of carbonyl (C=O) groups is 3. The molecule has 0 aromatic heterocycles. The van der Waals surface area contributed by atoms with E-state index >= 15 is 0 Å². The summed E-state index contributed by atoms with van der Waals surface area (Å²) in [6, 6.07) is 0. The maximum atomic E-state index is 11.4. The van der Waals surface area contributed by atoms with Gasteiger partial charge in [0.05, 0.1) is 0 Å². The van der Waals surface area contributed by atoms with Crippen LogP contribution in [0.1, 0.15) is 26.7 Å². The van der Waals surface area contributed by atoms with Gasteiger partial charge in [-0.1, -0.05) is 0 Å². The number of carbonyl (C=O) groups excluding carboxylic acids is 3. The Morgan fingerprint density at radius 3 is 2.00 bits per heavy atom. The lowest BCUT2D eigenvalue weighted by Crippen LogP contribution is -2.34. The lowest BCUT2D eigenvalue weighted by Gasteiger charge is -2.18. The number of alkyl carbamates (subject to hydrolysis) is 2. The molecule has 0 unspecified atom stereocenters. The van der Waals surface area contributed by atoms with Crippen LogP contribution in [0.25, 0.3) is 0 Å². The lowest BCUT2D eigenvalue weighted by molar-refractivity contribution is -0.121. The molecular formula is C15H30N4O6. The van der Waals surface area contributed by atoms with E-state index in [4.69, 9.17) is 19.9 Å². The Kier molecular flexibility index (Phi) is 14.2. The fourth-order valence-electron chi connectivity index (χ4n) is 1.66. The van der Waals surface area contributed by atoms with Crippen LogP contribution in [0.2, 0.25) is 0 Å². The summed E-state index contributed by atoms with van der Waals surface area (Å²) in [6.45, 7) is 5.37. The zero-order chi connectivity index (χ0) is 18.9. The number of hydrogen-bond donors (Lipinski definition) is 4. The van der Waals surface area contributed by atoms with E-state index in [9.17, 15) is 14.4 Å². The van der Waals surface area contributed by atoms with E-state index in [1.165, 1.54) is 0 Å². The van der Waals surface area contributed by atoms with Gasteiger partial charge >= 0.3 is 12.2 Å². The fourth-order valence-corrected chi connectivity index (χ4v) is 1.66. The average molecular weight is 362 g/mol. The van der Waals surface area contributed by atoms with Crippen LogP contribution in [0.15, 0.2) is 0 Å². The summed E-state index contributed by atoms with van der Waals surface area (Å²) < 4.78 is 15.5. The highest BCUT2D eigenvalue weighted by atomic mass is 16.6. The molecule has 0 aliphatic rings. The Bertz CT molecular complexity index is 372. The summed E-state index contributed by atoms with van der Waals surface area (Å²) in [5, 5.41) is 7.63. The van der Waals surface area contributed by atoms with Crippen molar-refractivity contribution in [2.24, 2.45) is 5.73 Å². The van der Waals surface area contributed by atoms with Crippen molar-refractivity contribution in [3.63, 3.8) is 0 Å². The first-order valence-electron chi connectivity index (χ1n) is 8.43. The van der Waals surface area contributed by atoms with Crippen LogP contribution >= 0.6 is 0 Å². The van der Waals surface area contributed by atoms with E-state index in [1.54, 1.807) is 13.8 Å². The van der Waals surface area contributed by atoms with Crippen molar-refractivity contribution in [2.45, 2.75) is 32.8 Å². The molecular weight excluding hydrogens is 332 g/mol. The van der Waals surface area contributed by atoms with Crippen molar-refractivity contribution in [3.8, 4) is 0 Å². The predicted molar refractivity (Wildman–Crippen MR) is 91.1 cm³/mol. The third-order valence-electron chi connectivity index (χ3n) is 2.81. The summed E-state index contributed by atoms with van der Waals surface area (Å²) in [5.41, 5.74) is 5.30. The second kappa shape index (κ2) is 15.5. The standard InChI is InChI=1S/C15H30N4O6/c1-3-17-14(21)24-10-12(11-25-15(22)18-4-2)23-9-5-6-13(20)19-8-7-16/h12H,3-11,16H2,1-2H3,(H,17,21)(H,18,22)(H,19,20). The zero-order valence-corrected chi connectivity index (χ0v) is 15.0. The van der Waals surface area contributed by atoms with E-state index in [0.29, 0.717) is 39.0 Å². The normalized spacial score (nSPS) is 10.2. The average Bonchev–Trinajstić information content (AvgIpc) is 2.58. The van der Waals surface area contributed by atoms with Crippen molar-refractivity contribution in [1.29, 1.82) is 0 Å². The number of rotatable bonds is 13. The van der Waals surface area contributed by atoms with Gasteiger partial charge in [0.25, 0.3) is 0 Å². The molecule has 0 saturated carbocycles. The van der Waals surface area contributed by atoms with Gasteiger partial charge in [0.15, 0.2) is 0 Å². The van der Waals surface area contributed by atoms with Crippen molar-refractivity contribution in [1.82, 2.24) is 16.0 Å². The van der Waals surface area contributed by atoms with Crippen LogP contribution in [0.4, 0.5) is 9.59 Å². The Balaban J connectivity index is 4.16. The van der Waals surface area contributed by atoms with Gasteiger partial charge in [0.1, 0.15) is 19.3 Å². The molecule has 5 N–H and O–H groups in total. The topological polar surface area (TPSA) is 141 Å².